The van der Waals surface area contributed by atoms with Gasteiger partial charge in [-0.1, -0.05) is 26.0 Å². The number of likely N-dealkylation sites (N-methyl/N-ethyl adjacent to an activating group) is 1. The summed E-state index contributed by atoms with van der Waals surface area (Å²) < 4.78 is 19.5. The van der Waals surface area contributed by atoms with Crippen LogP contribution in [0.4, 0.5) is 14.9 Å². The number of ether oxygens (including phenoxy) is 1. The minimum absolute atomic E-state index is 0.150. The Morgan fingerprint density at radius 2 is 1.78 bits per heavy atom. The fraction of sp³-hybridized carbons (Fsp3) is 0.323. The molecule has 0 radical (unpaired) electrons. The maximum atomic E-state index is 14.3. The summed E-state index contributed by atoms with van der Waals surface area (Å²) in [7, 11) is 1.57. The van der Waals surface area contributed by atoms with Crippen LogP contribution in [0, 0.1) is 19.7 Å². The highest BCUT2D eigenvalue weighted by atomic mass is 19.1. The van der Waals surface area contributed by atoms with Gasteiger partial charge in [0, 0.05) is 36.6 Å². The molecule has 41 heavy (non-hydrogen) atoms. The van der Waals surface area contributed by atoms with Crippen LogP contribution in [0.3, 0.4) is 0 Å². The maximum Gasteiger partial charge on any atom is 0.329 e. The smallest absolute Gasteiger partial charge is 0.329 e. The summed E-state index contributed by atoms with van der Waals surface area (Å²) in [6.45, 7) is 11.0. The molecule has 0 unspecified atom stereocenters. The molecule has 4 amide bonds. The number of H-pyrrole nitrogens is 1. The standard InChI is InChI=1S/C31H36FN5O4/c1-6-36(7-2)15-14-33-29(38)28-19(3)26(35-20(28)4)17-25-24-16-22(32)10-13-27(24)37(30(25)39)31(40)34-18-21-8-11-23(41-5)12-9-21/h8-13,16-17,35H,6-7,14-15,18H2,1-5H3,(H,33,38)(H,34,40)/b25-17-. The lowest BCUT2D eigenvalue weighted by Gasteiger charge is -2.18. The first kappa shape index (κ1) is 29.5. The number of aromatic nitrogens is 1. The summed E-state index contributed by atoms with van der Waals surface area (Å²) in [5.41, 5.74) is 3.89. The minimum atomic E-state index is -0.630. The predicted molar refractivity (Wildman–Crippen MR) is 157 cm³/mol. The average molecular weight is 562 g/mol. The summed E-state index contributed by atoms with van der Waals surface area (Å²) in [6.07, 6.45) is 1.58. The van der Waals surface area contributed by atoms with Gasteiger partial charge in [0.25, 0.3) is 11.8 Å². The van der Waals surface area contributed by atoms with Crippen molar-refractivity contribution in [2.45, 2.75) is 34.2 Å². The van der Waals surface area contributed by atoms with Crippen LogP contribution in [0.5, 0.6) is 5.75 Å². The molecule has 3 N–H and O–H groups in total. The van der Waals surface area contributed by atoms with E-state index in [2.05, 4.69) is 34.4 Å². The summed E-state index contributed by atoms with van der Waals surface area (Å²) in [6, 6.07) is 10.4. The molecule has 0 bridgehead atoms. The molecule has 1 aromatic heterocycles. The zero-order valence-corrected chi connectivity index (χ0v) is 24.1. The first-order valence-electron chi connectivity index (χ1n) is 13.6. The number of hydrogen-bond donors (Lipinski definition) is 3. The van der Waals surface area contributed by atoms with Crippen LogP contribution in [-0.2, 0) is 11.3 Å². The molecular weight excluding hydrogens is 525 g/mol. The summed E-state index contributed by atoms with van der Waals surface area (Å²) in [5.74, 6) is -0.641. The second kappa shape index (κ2) is 12.8. The Bertz CT molecular complexity index is 1470. The van der Waals surface area contributed by atoms with E-state index in [0.717, 1.165) is 30.1 Å². The quantitative estimate of drug-likeness (QED) is 0.313. The predicted octanol–water partition coefficient (Wildman–Crippen LogP) is 4.65. The number of nitrogens with one attached hydrogen (secondary N) is 3. The first-order chi connectivity index (χ1) is 19.7. The summed E-state index contributed by atoms with van der Waals surface area (Å²) in [4.78, 5) is 46.2. The van der Waals surface area contributed by atoms with E-state index >= 15 is 0 Å². The van der Waals surface area contributed by atoms with Gasteiger partial charge in [0.15, 0.2) is 0 Å². The molecule has 4 rings (SSSR count). The lowest BCUT2D eigenvalue weighted by Crippen LogP contribution is -2.41. The van der Waals surface area contributed by atoms with E-state index in [9.17, 15) is 18.8 Å². The monoisotopic (exact) mass is 561 g/mol. The number of imide groups is 1. The molecule has 3 aromatic rings. The number of halogens is 1. The zero-order valence-electron chi connectivity index (χ0n) is 24.1. The van der Waals surface area contributed by atoms with Crippen LogP contribution in [0.2, 0.25) is 0 Å². The van der Waals surface area contributed by atoms with E-state index in [0.29, 0.717) is 40.4 Å². The van der Waals surface area contributed by atoms with Crippen molar-refractivity contribution >= 4 is 35.2 Å². The Balaban J connectivity index is 1.57. The van der Waals surface area contributed by atoms with E-state index in [1.54, 1.807) is 39.2 Å². The van der Waals surface area contributed by atoms with E-state index in [1.807, 2.05) is 12.1 Å². The highest BCUT2D eigenvalue weighted by Crippen LogP contribution is 2.39. The molecule has 1 aliphatic heterocycles. The number of urea groups is 1. The Hall–Kier alpha value is -4.44. The Labute approximate surface area is 239 Å². The van der Waals surface area contributed by atoms with Crippen LogP contribution >= 0.6 is 0 Å². The van der Waals surface area contributed by atoms with Gasteiger partial charge in [-0.05, 0) is 74.5 Å². The molecule has 2 heterocycles. The summed E-state index contributed by atoms with van der Waals surface area (Å²) in [5, 5.41) is 5.73. The van der Waals surface area contributed by atoms with Crippen molar-refractivity contribution < 1.29 is 23.5 Å². The fourth-order valence-electron chi connectivity index (χ4n) is 4.96. The van der Waals surface area contributed by atoms with Crippen LogP contribution in [-0.4, -0.2) is 61.0 Å². The van der Waals surface area contributed by atoms with Crippen molar-refractivity contribution in [2.75, 3.05) is 38.2 Å². The fourth-order valence-corrected chi connectivity index (χ4v) is 4.96. The number of benzene rings is 2. The Kier molecular flexibility index (Phi) is 9.24. The highest BCUT2D eigenvalue weighted by Gasteiger charge is 2.37. The van der Waals surface area contributed by atoms with Crippen molar-refractivity contribution in [3.8, 4) is 5.75 Å². The molecule has 0 atom stereocenters. The number of hydrogen-bond acceptors (Lipinski definition) is 5. The normalized spacial score (nSPS) is 13.6. The lowest BCUT2D eigenvalue weighted by molar-refractivity contribution is -0.112. The molecule has 216 valence electrons. The topological polar surface area (TPSA) is 107 Å². The number of aryl methyl sites for hydroxylation is 1. The van der Waals surface area contributed by atoms with Crippen LogP contribution in [0.15, 0.2) is 42.5 Å². The molecule has 0 saturated carbocycles. The van der Waals surface area contributed by atoms with Crippen LogP contribution in [0.1, 0.15) is 52.3 Å². The number of carbonyl (C=O) groups excluding carboxylic acids is 3. The molecule has 1 aliphatic rings. The Morgan fingerprint density at radius 1 is 1.07 bits per heavy atom. The number of aromatic amines is 1. The molecule has 0 aliphatic carbocycles. The number of amides is 4. The molecule has 10 heteroatoms. The molecule has 0 saturated heterocycles. The number of nitrogens with zero attached hydrogens (tertiary/aromatic N) is 2. The molecule has 0 fully saturated rings. The molecular formula is C31H36FN5O4. The molecule has 2 aromatic carbocycles. The number of rotatable bonds is 10. The first-order valence-corrected chi connectivity index (χ1v) is 13.6. The minimum Gasteiger partial charge on any atom is -0.497 e. The van der Waals surface area contributed by atoms with Gasteiger partial charge in [0.05, 0.1) is 23.9 Å². The Morgan fingerprint density at radius 3 is 2.44 bits per heavy atom. The number of methoxy groups -OCH3 is 1. The zero-order chi connectivity index (χ0) is 29.7. The second-order valence-electron chi connectivity index (χ2n) is 9.81. The van der Waals surface area contributed by atoms with E-state index in [1.165, 1.54) is 18.2 Å². The van der Waals surface area contributed by atoms with Gasteiger partial charge in [-0.3, -0.25) is 9.59 Å². The van der Waals surface area contributed by atoms with Crippen molar-refractivity contribution in [3.05, 3.63) is 81.9 Å². The van der Waals surface area contributed by atoms with E-state index in [-0.39, 0.29) is 23.7 Å². The molecule has 0 spiro atoms. The van der Waals surface area contributed by atoms with Gasteiger partial charge in [-0.2, -0.15) is 0 Å². The van der Waals surface area contributed by atoms with E-state index < -0.39 is 17.8 Å². The van der Waals surface area contributed by atoms with Crippen LogP contribution in [0.25, 0.3) is 11.6 Å². The third-order valence-corrected chi connectivity index (χ3v) is 7.33. The highest BCUT2D eigenvalue weighted by molar-refractivity contribution is 6.42. The van der Waals surface area contributed by atoms with E-state index in [4.69, 9.17) is 4.74 Å². The maximum absolute atomic E-state index is 14.3. The second-order valence-corrected chi connectivity index (χ2v) is 9.81. The van der Waals surface area contributed by atoms with Crippen LogP contribution < -0.4 is 20.3 Å². The van der Waals surface area contributed by atoms with Crippen molar-refractivity contribution in [3.63, 3.8) is 0 Å². The van der Waals surface area contributed by atoms with Gasteiger partial charge in [0.2, 0.25) is 0 Å². The van der Waals surface area contributed by atoms with Gasteiger partial charge in [0.1, 0.15) is 11.6 Å². The van der Waals surface area contributed by atoms with Gasteiger partial charge in [-0.15, -0.1) is 0 Å². The largest absolute Gasteiger partial charge is 0.497 e. The molecule has 9 nitrogen and oxygen atoms in total. The third kappa shape index (κ3) is 6.33. The summed E-state index contributed by atoms with van der Waals surface area (Å²) >= 11 is 0. The van der Waals surface area contributed by atoms with Crippen molar-refractivity contribution in [1.29, 1.82) is 0 Å². The number of carbonyl (C=O) groups is 3. The van der Waals surface area contributed by atoms with Crippen molar-refractivity contribution in [1.82, 2.24) is 20.5 Å². The number of anilines is 1. The lowest BCUT2D eigenvalue weighted by atomic mass is 10.0. The third-order valence-electron chi connectivity index (χ3n) is 7.33. The SMILES string of the molecule is CCN(CC)CCNC(=O)c1c(C)[nH]c(/C=C2\C(=O)N(C(=O)NCc3ccc(OC)cc3)c3ccc(F)cc32)c1C. The van der Waals surface area contributed by atoms with Gasteiger partial charge in [-0.25, -0.2) is 14.1 Å². The average Bonchev–Trinajstić information content (AvgIpc) is 3.40. The van der Waals surface area contributed by atoms with Gasteiger partial charge < -0.3 is 25.3 Å². The number of fused-ring (bicyclic) bond motifs is 1. The van der Waals surface area contributed by atoms with Crippen molar-refractivity contribution in [2.24, 2.45) is 0 Å². The van der Waals surface area contributed by atoms with Gasteiger partial charge >= 0.3 is 6.03 Å².